The van der Waals surface area contributed by atoms with Gasteiger partial charge in [-0.3, -0.25) is 0 Å². The van der Waals surface area contributed by atoms with E-state index in [2.05, 4.69) is 5.32 Å². The first kappa shape index (κ1) is 12.8. The minimum atomic E-state index is -0.791. The first-order valence-corrected chi connectivity index (χ1v) is 5.08. The van der Waals surface area contributed by atoms with E-state index in [1.807, 2.05) is 0 Å². The van der Waals surface area contributed by atoms with Crippen molar-refractivity contribution in [3.8, 4) is 11.5 Å². The number of nitrogens with one attached hydrogen (secondary N) is 1. The summed E-state index contributed by atoms with van der Waals surface area (Å²) in [6.07, 6.45) is -0.791. The Morgan fingerprint density at radius 2 is 1.94 bits per heavy atom. The maximum absolute atomic E-state index is 9.74. The summed E-state index contributed by atoms with van der Waals surface area (Å²) in [5, 5.41) is 39.8. The molecule has 0 aromatic heterocycles. The van der Waals surface area contributed by atoms with Gasteiger partial charge >= 0.3 is 0 Å². The lowest BCUT2D eigenvalue weighted by molar-refractivity contribution is 0.161. The fourth-order valence-corrected chi connectivity index (χ4v) is 1.24. The van der Waals surface area contributed by atoms with Crippen LogP contribution < -0.4 is 5.32 Å². The Morgan fingerprint density at radius 3 is 2.50 bits per heavy atom. The lowest BCUT2D eigenvalue weighted by Crippen LogP contribution is -2.32. The minimum Gasteiger partial charge on any atom is -0.504 e. The smallest absolute Gasteiger partial charge is 0.157 e. The second-order valence-electron chi connectivity index (χ2n) is 3.76. The molecule has 1 aromatic rings. The molecule has 90 valence electrons. The van der Waals surface area contributed by atoms with Crippen LogP contribution in [0.2, 0.25) is 0 Å². The van der Waals surface area contributed by atoms with Crippen LogP contribution in [-0.4, -0.2) is 39.6 Å². The number of rotatable bonds is 5. The molecule has 0 aliphatic heterocycles. The van der Waals surface area contributed by atoms with Crippen LogP contribution in [0.3, 0.4) is 0 Å². The third kappa shape index (κ3) is 3.37. The first-order chi connectivity index (χ1) is 7.54. The van der Waals surface area contributed by atoms with E-state index >= 15 is 0 Å². The normalized spacial score (nSPS) is 14.7. The average molecular weight is 227 g/mol. The minimum absolute atomic E-state index is 0.00640. The van der Waals surface area contributed by atoms with Crippen molar-refractivity contribution in [3.63, 3.8) is 0 Å². The number of benzene rings is 1. The van der Waals surface area contributed by atoms with Crippen molar-refractivity contribution in [2.24, 2.45) is 0 Å². The number of aliphatic hydroxyl groups is 2. The molecular formula is C11H17NO4. The van der Waals surface area contributed by atoms with Crippen molar-refractivity contribution in [3.05, 3.63) is 23.8 Å². The summed E-state index contributed by atoms with van der Waals surface area (Å²) < 4.78 is 0. The number of aromatic hydroxyl groups is 2. The van der Waals surface area contributed by atoms with Gasteiger partial charge in [-0.25, -0.2) is 0 Å². The van der Waals surface area contributed by atoms with Crippen LogP contribution in [0.25, 0.3) is 0 Å². The molecule has 5 heteroatoms. The average Bonchev–Trinajstić information content (AvgIpc) is 2.29. The Hall–Kier alpha value is -1.30. The quantitative estimate of drug-likeness (QED) is 0.460. The van der Waals surface area contributed by atoms with E-state index in [1.165, 1.54) is 18.2 Å². The van der Waals surface area contributed by atoms with Crippen molar-refractivity contribution in [2.75, 3.05) is 13.2 Å². The summed E-state index contributed by atoms with van der Waals surface area (Å²) in [5.74, 6) is -0.473. The first-order valence-electron chi connectivity index (χ1n) is 5.08. The molecule has 0 radical (unpaired) electrons. The molecule has 0 spiro atoms. The maximum Gasteiger partial charge on any atom is 0.157 e. The van der Waals surface area contributed by atoms with Gasteiger partial charge in [-0.05, 0) is 24.6 Å². The molecule has 0 heterocycles. The number of aliphatic hydroxyl groups excluding tert-OH is 2. The standard InChI is InChI=1S/C11H17NO4/c1-7(6-13)12-5-11(16)8-2-3-9(14)10(15)4-8/h2-4,7,11-16H,5-6H2,1H3. The van der Waals surface area contributed by atoms with Crippen LogP contribution in [0.4, 0.5) is 0 Å². The van der Waals surface area contributed by atoms with Gasteiger partial charge in [0.2, 0.25) is 0 Å². The third-order valence-corrected chi connectivity index (χ3v) is 2.32. The van der Waals surface area contributed by atoms with Gasteiger partial charge in [0.05, 0.1) is 12.7 Å². The van der Waals surface area contributed by atoms with E-state index in [-0.39, 0.29) is 30.7 Å². The summed E-state index contributed by atoms with van der Waals surface area (Å²) >= 11 is 0. The van der Waals surface area contributed by atoms with Crippen LogP contribution in [0.15, 0.2) is 18.2 Å². The van der Waals surface area contributed by atoms with Gasteiger partial charge in [0.15, 0.2) is 11.5 Å². The fraction of sp³-hybridized carbons (Fsp3) is 0.455. The highest BCUT2D eigenvalue weighted by atomic mass is 16.3. The molecule has 1 rings (SSSR count). The molecule has 2 atom stereocenters. The Balaban J connectivity index is 2.59. The summed E-state index contributed by atoms with van der Waals surface area (Å²) in [5.41, 5.74) is 0.507. The SMILES string of the molecule is CC(CO)NCC(O)c1ccc(O)c(O)c1. The number of phenolic OH excluding ortho intramolecular Hbond substituents is 2. The zero-order valence-electron chi connectivity index (χ0n) is 9.09. The molecule has 0 fully saturated rings. The number of hydrogen-bond donors (Lipinski definition) is 5. The highest BCUT2D eigenvalue weighted by molar-refractivity contribution is 5.41. The van der Waals surface area contributed by atoms with Gasteiger partial charge in [-0.1, -0.05) is 6.07 Å². The van der Waals surface area contributed by atoms with Gasteiger partial charge < -0.3 is 25.7 Å². The van der Waals surface area contributed by atoms with Gasteiger partial charge in [-0.15, -0.1) is 0 Å². The van der Waals surface area contributed by atoms with Crippen molar-refractivity contribution >= 4 is 0 Å². The van der Waals surface area contributed by atoms with Crippen LogP contribution in [0, 0.1) is 0 Å². The van der Waals surface area contributed by atoms with Crippen LogP contribution in [0.5, 0.6) is 11.5 Å². The Morgan fingerprint density at radius 1 is 1.25 bits per heavy atom. The molecule has 0 saturated carbocycles. The Bertz CT molecular complexity index is 343. The van der Waals surface area contributed by atoms with E-state index in [1.54, 1.807) is 6.92 Å². The molecule has 1 aromatic carbocycles. The summed E-state index contributed by atoms with van der Waals surface area (Å²) in [6.45, 7) is 2.06. The van der Waals surface area contributed by atoms with Crippen LogP contribution in [0.1, 0.15) is 18.6 Å². The number of phenols is 2. The molecule has 5 nitrogen and oxygen atoms in total. The molecule has 0 saturated heterocycles. The summed E-state index contributed by atoms with van der Waals surface area (Å²) in [6, 6.07) is 4.07. The van der Waals surface area contributed by atoms with E-state index in [4.69, 9.17) is 10.2 Å². The second-order valence-corrected chi connectivity index (χ2v) is 3.76. The molecule has 16 heavy (non-hydrogen) atoms. The maximum atomic E-state index is 9.74. The Kier molecular flexibility index (Phi) is 4.54. The van der Waals surface area contributed by atoms with E-state index in [9.17, 15) is 10.2 Å². The topological polar surface area (TPSA) is 93.0 Å². The highest BCUT2D eigenvalue weighted by Crippen LogP contribution is 2.27. The molecule has 0 bridgehead atoms. The second kappa shape index (κ2) is 5.69. The van der Waals surface area contributed by atoms with Crippen molar-refractivity contribution in [2.45, 2.75) is 19.1 Å². The van der Waals surface area contributed by atoms with Gasteiger partial charge in [0.25, 0.3) is 0 Å². The largest absolute Gasteiger partial charge is 0.504 e. The van der Waals surface area contributed by atoms with Gasteiger partial charge in [0, 0.05) is 12.6 Å². The predicted molar refractivity (Wildman–Crippen MR) is 59.3 cm³/mol. The predicted octanol–water partition coefficient (Wildman–Crippen LogP) is 0.102. The third-order valence-electron chi connectivity index (χ3n) is 2.32. The molecule has 5 N–H and O–H groups in total. The fourth-order valence-electron chi connectivity index (χ4n) is 1.24. The van der Waals surface area contributed by atoms with Crippen molar-refractivity contribution in [1.82, 2.24) is 5.32 Å². The van der Waals surface area contributed by atoms with Crippen molar-refractivity contribution in [1.29, 1.82) is 0 Å². The van der Waals surface area contributed by atoms with Gasteiger partial charge in [0.1, 0.15) is 0 Å². The highest BCUT2D eigenvalue weighted by Gasteiger charge is 2.11. The summed E-state index contributed by atoms with van der Waals surface area (Å²) in [4.78, 5) is 0. The zero-order valence-corrected chi connectivity index (χ0v) is 9.09. The lowest BCUT2D eigenvalue weighted by atomic mass is 10.1. The molecule has 0 aliphatic rings. The van der Waals surface area contributed by atoms with E-state index < -0.39 is 6.10 Å². The van der Waals surface area contributed by atoms with Crippen molar-refractivity contribution < 1.29 is 20.4 Å². The molecular weight excluding hydrogens is 210 g/mol. The molecule has 0 aliphatic carbocycles. The monoisotopic (exact) mass is 227 g/mol. The summed E-state index contributed by atoms with van der Waals surface area (Å²) in [7, 11) is 0. The zero-order chi connectivity index (χ0) is 12.1. The molecule has 2 unspecified atom stereocenters. The van der Waals surface area contributed by atoms with Crippen LogP contribution >= 0.6 is 0 Å². The van der Waals surface area contributed by atoms with E-state index in [0.29, 0.717) is 5.56 Å². The lowest BCUT2D eigenvalue weighted by Gasteiger charge is -2.16. The van der Waals surface area contributed by atoms with Crippen LogP contribution in [-0.2, 0) is 0 Å². The van der Waals surface area contributed by atoms with Gasteiger partial charge in [-0.2, -0.15) is 0 Å². The number of hydrogen-bond acceptors (Lipinski definition) is 5. The Labute approximate surface area is 94.0 Å². The molecule has 0 amide bonds. The van der Waals surface area contributed by atoms with E-state index in [0.717, 1.165) is 0 Å².